The number of hydrogen-bond acceptors (Lipinski definition) is 5. The molecule has 0 saturated carbocycles. The number of fused-ring (bicyclic) bond motifs is 2. The topological polar surface area (TPSA) is 83.5 Å². The molecule has 0 N–H and O–H groups in total. The third-order valence-corrected chi connectivity index (χ3v) is 4.79. The van der Waals surface area contributed by atoms with Crippen molar-refractivity contribution < 1.29 is 22.5 Å². The molecule has 0 radical (unpaired) electrons. The Morgan fingerprint density at radius 2 is 1.48 bits per heavy atom. The van der Waals surface area contributed by atoms with Gasteiger partial charge in [-0.15, -0.1) is 0 Å². The second-order valence-corrected chi connectivity index (χ2v) is 7.32. The van der Waals surface area contributed by atoms with Crippen LogP contribution < -0.4 is 0 Å². The maximum Gasteiger partial charge on any atom is 0.339 e. The summed E-state index contributed by atoms with van der Waals surface area (Å²) in [7, 11) is -4.23. The maximum absolute atomic E-state index is 12.6. The van der Waals surface area contributed by atoms with Gasteiger partial charge in [-0.1, -0.05) is 48.5 Å². The number of carbonyl (C=O) groups is 1. The molecule has 0 spiro atoms. The van der Waals surface area contributed by atoms with E-state index in [0.29, 0.717) is 12.0 Å². The van der Waals surface area contributed by atoms with Gasteiger partial charge in [-0.25, -0.2) is 13.2 Å². The predicted molar refractivity (Wildman–Crippen MR) is 95.5 cm³/mol. The van der Waals surface area contributed by atoms with Crippen molar-refractivity contribution in [3.8, 4) is 0 Å². The number of unbranched alkanes of at least 4 members (excludes halogenated alkanes) is 1. The molecule has 0 aromatic heterocycles. The molecule has 3 aromatic carbocycles. The van der Waals surface area contributed by atoms with E-state index in [2.05, 4.69) is 0 Å². The highest BCUT2D eigenvalue weighted by atomic mass is 32.2. The summed E-state index contributed by atoms with van der Waals surface area (Å²) in [5.41, 5.74) is 0.505. The highest BCUT2D eigenvalue weighted by Gasteiger charge is 2.16. The average Bonchev–Trinajstić information content (AvgIpc) is 2.58. The van der Waals surface area contributed by atoms with Crippen molar-refractivity contribution in [2.45, 2.75) is 12.8 Å². The Bertz CT molecular complexity index is 970. The Labute approximate surface area is 146 Å². The minimum absolute atomic E-state index is 0.0753. The summed E-state index contributed by atoms with van der Waals surface area (Å²) in [5, 5.41) is 3.53. The maximum atomic E-state index is 12.6. The standard InChI is InChI=1S/C19H18O5S/c20-19(24-11-5-6-12-25(21,22)23)18-16-9-3-1-7-14(16)13-15-8-2-4-10-17(15)18/h1-4,7-10,13H,5-6,11-12H2,(H,21,22,23)/p-1. The summed E-state index contributed by atoms with van der Waals surface area (Å²) in [6.07, 6.45) is 0.505. The van der Waals surface area contributed by atoms with Gasteiger partial charge in [-0.2, -0.15) is 0 Å². The van der Waals surface area contributed by atoms with E-state index < -0.39 is 21.8 Å². The van der Waals surface area contributed by atoms with Gasteiger partial charge in [0.1, 0.15) is 0 Å². The Balaban J connectivity index is 1.84. The highest BCUT2D eigenvalue weighted by Crippen LogP contribution is 2.29. The molecule has 0 atom stereocenters. The van der Waals surface area contributed by atoms with Crippen molar-refractivity contribution in [2.24, 2.45) is 0 Å². The van der Waals surface area contributed by atoms with Crippen LogP contribution >= 0.6 is 0 Å². The van der Waals surface area contributed by atoms with E-state index in [1.807, 2.05) is 54.6 Å². The zero-order valence-corrected chi connectivity index (χ0v) is 14.3. The molecule has 0 aliphatic carbocycles. The van der Waals surface area contributed by atoms with E-state index in [-0.39, 0.29) is 13.0 Å². The smallest absolute Gasteiger partial charge is 0.339 e. The van der Waals surface area contributed by atoms with E-state index in [0.717, 1.165) is 21.5 Å². The number of esters is 1. The summed E-state index contributed by atoms with van der Waals surface area (Å²) in [4.78, 5) is 12.6. The van der Waals surface area contributed by atoms with Crippen LogP contribution in [0, 0.1) is 0 Å². The number of rotatable bonds is 6. The van der Waals surface area contributed by atoms with Crippen LogP contribution in [-0.4, -0.2) is 31.3 Å². The molecule has 0 aliphatic rings. The Hall–Kier alpha value is -2.44. The van der Waals surface area contributed by atoms with Crippen LogP contribution in [0.5, 0.6) is 0 Å². The van der Waals surface area contributed by atoms with Gasteiger partial charge < -0.3 is 9.29 Å². The summed E-state index contributed by atoms with van der Waals surface area (Å²) in [5.74, 6) is -0.889. The average molecular weight is 357 g/mol. The molecule has 5 nitrogen and oxygen atoms in total. The first-order chi connectivity index (χ1) is 12.0. The second kappa shape index (κ2) is 7.21. The van der Waals surface area contributed by atoms with Gasteiger partial charge in [0, 0.05) is 5.75 Å². The van der Waals surface area contributed by atoms with Gasteiger partial charge in [0.2, 0.25) is 0 Å². The molecule has 25 heavy (non-hydrogen) atoms. The number of benzene rings is 3. The summed E-state index contributed by atoms with van der Waals surface area (Å²) in [6, 6.07) is 17.2. The Morgan fingerprint density at radius 3 is 2.04 bits per heavy atom. The fraction of sp³-hybridized carbons (Fsp3) is 0.211. The van der Waals surface area contributed by atoms with E-state index in [1.165, 1.54) is 0 Å². The van der Waals surface area contributed by atoms with E-state index in [9.17, 15) is 17.8 Å². The third kappa shape index (κ3) is 4.15. The lowest BCUT2D eigenvalue weighted by Gasteiger charge is -2.12. The van der Waals surface area contributed by atoms with Gasteiger partial charge in [0.25, 0.3) is 0 Å². The minimum atomic E-state index is -4.23. The first-order valence-electron chi connectivity index (χ1n) is 7.97. The molecule has 130 valence electrons. The Morgan fingerprint density at radius 1 is 0.920 bits per heavy atom. The fourth-order valence-corrected chi connectivity index (χ4v) is 3.41. The molecule has 0 bridgehead atoms. The van der Waals surface area contributed by atoms with Crippen LogP contribution in [0.3, 0.4) is 0 Å². The lowest BCUT2D eigenvalue weighted by Crippen LogP contribution is -2.10. The SMILES string of the molecule is O=C(OCCCCS(=O)(=O)[O-])c1c2ccccc2cc2ccccc12. The largest absolute Gasteiger partial charge is 0.748 e. The quantitative estimate of drug-likeness (QED) is 0.292. The lowest BCUT2D eigenvalue weighted by atomic mass is 9.97. The normalized spacial score (nSPS) is 11.7. The van der Waals surface area contributed by atoms with Crippen molar-refractivity contribution in [1.29, 1.82) is 0 Å². The lowest BCUT2D eigenvalue weighted by molar-refractivity contribution is 0.0504. The van der Waals surface area contributed by atoms with Crippen LogP contribution in [0.2, 0.25) is 0 Å². The van der Waals surface area contributed by atoms with Crippen molar-refractivity contribution in [3.63, 3.8) is 0 Å². The molecule has 0 heterocycles. The predicted octanol–water partition coefficient (Wildman–Crippen LogP) is 3.48. The van der Waals surface area contributed by atoms with Gasteiger partial charge >= 0.3 is 5.97 Å². The highest BCUT2D eigenvalue weighted by molar-refractivity contribution is 7.85. The van der Waals surface area contributed by atoms with Crippen LogP contribution in [-0.2, 0) is 14.9 Å². The molecule has 0 unspecified atom stereocenters. The van der Waals surface area contributed by atoms with Crippen LogP contribution in [0.4, 0.5) is 0 Å². The minimum Gasteiger partial charge on any atom is -0.748 e. The molecular weight excluding hydrogens is 340 g/mol. The molecular formula is C19H17O5S-. The zero-order valence-electron chi connectivity index (χ0n) is 13.5. The fourth-order valence-electron chi connectivity index (χ4n) is 2.85. The van der Waals surface area contributed by atoms with Crippen molar-refractivity contribution in [3.05, 3.63) is 60.2 Å². The van der Waals surface area contributed by atoms with Crippen molar-refractivity contribution >= 4 is 37.6 Å². The van der Waals surface area contributed by atoms with Gasteiger partial charge in [0.05, 0.1) is 22.3 Å². The monoisotopic (exact) mass is 357 g/mol. The third-order valence-electron chi connectivity index (χ3n) is 4.00. The first kappa shape index (κ1) is 17.4. The molecule has 3 aromatic rings. The molecule has 6 heteroatoms. The number of carbonyl (C=O) groups excluding carboxylic acids is 1. The van der Waals surface area contributed by atoms with Gasteiger partial charge in [-0.3, -0.25) is 0 Å². The molecule has 0 aliphatic heterocycles. The molecule has 3 rings (SSSR count). The van der Waals surface area contributed by atoms with E-state index in [4.69, 9.17) is 4.74 Å². The molecule has 0 amide bonds. The summed E-state index contributed by atoms with van der Waals surface area (Å²) >= 11 is 0. The Kier molecular flexibility index (Phi) is 5.01. The van der Waals surface area contributed by atoms with Crippen LogP contribution in [0.15, 0.2) is 54.6 Å². The number of hydrogen-bond donors (Lipinski definition) is 0. The van der Waals surface area contributed by atoms with Crippen molar-refractivity contribution in [1.82, 2.24) is 0 Å². The van der Waals surface area contributed by atoms with Gasteiger partial charge in [-0.05, 0) is 40.5 Å². The second-order valence-electron chi connectivity index (χ2n) is 5.80. The first-order valence-corrected chi connectivity index (χ1v) is 9.54. The van der Waals surface area contributed by atoms with Crippen LogP contribution in [0.25, 0.3) is 21.5 Å². The summed E-state index contributed by atoms with van der Waals surface area (Å²) < 4.78 is 37.1. The van der Waals surface area contributed by atoms with Crippen molar-refractivity contribution in [2.75, 3.05) is 12.4 Å². The number of ether oxygens (including phenoxy) is 1. The zero-order chi connectivity index (χ0) is 17.9. The molecule has 0 saturated heterocycles. The van der Waals surface area contributed by atoms with E-state index in [1.54, 1.807) is 0 Å². The van der Waals surface area contributed by atoms with E-state index >= 15 is 0 Å². The summed E-state index contributed by atoms with van der Waals surface area (Å²) in [6.45, 7) is 0.0753. The molecule has 0 fully saturated rings. The van der Waals surface area contributed by atoms with Gasteiger partial charge in [0.15, 0.2) is 0 Å². The van der Waals surface area contributed by atoms with Crippen LogP contribution in [0.1, 0.15) is 23.2 Å².